The molecule has 0 aliphatic heterocycles. The molecule has 13 heavy (non-hydrogen) atoms. The second kappa shape index (κ2) is 5.13. The van der Waals surface area contributed by atoms with E-state index < -0.39 is 6.09 Å². The van der Waals surface area contributed by atoms with E-state index in [4.69, 9.17) is 5.11 Å². The Labute approximate surface area is 76.6 Å². The van der Waals surface area contributed by atoms with Crippen molar-refractivity contribution in [3.05, 3.63) is 30.1 Å². The first-order chi connectivity index (χ1) is 6.29. The molecule has 0 radical (unpaired) electrons. The largest absolute Gasteiger partial charge is 0.465 e. The standard InChI is InChI=1S/C9H12N2O2/c12-9(13)11-5-1-2-8-3-6-10-7-4-8/h3-4,6-7,11H,1-2,5H2,(H,12,13). The Hall–Kier alpha value is -1.58. The third-order valence-electron chi connectivity index (χ3n) is 1.67. The number of nitrogens with zero attached hydrogens (tertiary/aromatic N) is 1. The van der Waals surface area contributed by atoms with Crippen LogP contribution in [-0.2, 0) is 6.42 Å². The van der Waals surface area contributed by atoms with Gasteiger partial charge in [0.1, 0.15) is 0 Å². The van der Waals surface area contributed by atoms with E-state index in [2.05, 4.69) is 10.3 Å². The van der Waals surface area contributed by atoms with Crippen LogP contribution in [0.3, 0.4) is 0 Å². The van der Waals surface area contributed by atoms with Crippen LogP contribution in [0.2, 0.25) is 0 Å². The summed E-state index contributed by atoms with van der Waals surface area (Å²) in [5.74, 6) is 0. The molecular weight excluding hydrogens is 168 g/mol. The minimum atomic E-state index is -0.963. The van der Waals surface area contributed by atoms with Gasteiger partial charge in [0, 0.05) is 18.9 Å². The zero-order chi connectivity index (χ0) is 9.52. The maximum absolute atomic E-state index is 10.1. The van der Waals surface area contributed by atoms with Crippen LogP contribution in [0.4, 0.5) is 4.79 Å². The van der Waals surface area contributed by atoms with E-state index in [9.17, 15) is 4.79 Å². The van der Waals surface area contributed by atoms with Crippen molar-refractivity contribution >= 4 is 6.09 Å². The van der Waals surface area contributed by atoms with E-state index in [-0.39, 0.29) is 0 Å². The fourth-order valence-corrected chi connectivity index (χ4v) is 1.04. The Balaban J connectivity index is 2.17. The highest BCUT2D eigenvalue weighted by Gasteiger charge is 1.94. The highest BCUT2D eigenvalue weighted by molar-refractivity contribution is 5.64. The zero-order valence-electron chi connectivity index (χ0n) is 7.23. The van der Waals surface area contributed by atoms with Crippen molar-refractivity contribution in [1.29, 1.82) is 0 Å². The predicted molar refractivity (Wildman–Crippen MR) is 48.6 cm³/mol. The van der Waals surface area contributed by atoms with Crippen LogP contribution in [0.5, 0.6) is 0 Å². The molecule has 0 aliphatic rings. The molecule has 2 N–H and O–H groups in total. The van der Waals surface area contributed by atoms with Crippen LogP contribution in [0.25, 0.3) is 0 Å². The van der Waals surface area contributed by atoms with E-state index in [0.29, 0.717) is 6.54 Å². The predicted octanol–water partition coefficient (Wildman–Crippen LogP) is 1.28. The Bertz CT molecular complexity index is 262. The highest BCUT2D eigenvalue weighted by atomic mass is 16.4. The molecule has 0 fully saturated rings. The Morgan fingerprint density at radius 3 is 2.77 bits per heavy atom. The van der Waals surface area contributed by atoms with Gasteiger partial charge in [-0.25, -0.2) is 4.79 Å². The SMILES string of the molecule is O=C(O)NCCCc1ccncc1. The molecule has 0 spiro atoms. The third-order valence-corrected chi connectivity index (χ3v) is 1.67. The minimum Gasteiger partial charge on any atom is -0.465 e. The van der Waals surface area contributed by atoms with Gasteiger partial charge in [0.25, 0.3) is 0 Å². The first kappa shape index (κ1) is 9.51. The van der Waals surface area contributed by atoms with Crippen molar-refractivity contribution in [2.75, 3.05) is 6.54 Å². The van der Waals surface area contributed by atoms with Gasteiger partial charge in [-0.15, -0.1) is 0 Å². The molecule has 1 heterocycles. The van der Waals surface area contributed by atoms with Crippen molar-refractivity contribution in [2.45, 2.75) is 12.8 Å². The van der Waals surface area contributed by atoms with Gasteiger partial charge in [-0.3, -0.25) is 4.98 Å². The summed E-state index contributed by atoms with van der Waals surface area (Å²) in [6, 6.07) is 3.86. The summed E-state index contributed by atoms with van der Waals surface area (Å²) in [4.78, 5) is 14.0. The average molecular weight is 180 g/mol. The number of aryl methyl sites for hydroxylation is 1. The topological polar surface area (TPSA) is 62.2 Å². The number of rotatable bonds is 4. The summed E-state index contributed by atoms with van der Waals surface area (Å²) < 4.78 is 0. The molecule has 1 amide bonds. The van der Waals surface area contributed by atoms with Crippen LogP contribution in [-0.4, -0.2) is 22.7 Å². The lowest BCUT2D eigenvalue weighted by Gasteiger charge is -2.00. The molecule has 0 atom stereocenters. The fourth-order valence-electron chi connectivity index (χ4n) is 1.04. The molecular formula is C9H12N2O2. The van der Waals surface area contributed by atoms with Crippen LogP contribution in [0, 0.1) is 0 Å². The van der Waals surface area contributed by atoms with E-state index in [0.717, 1.165) is 12.8 Å². The van der Waals surface area contributed by atoms with Gasteiger partial charge in [-0.05, 0) is 30.5 Å². The normalized spacial score (nSPS) is 9.54. The molecule has 0 saturated carbocycles. The Morgan fingerprint density at radius 1 is 1.46 bits per heavy atom. The number of aromatic nitrogens is 1. The average Bonchev–Trinajstić information content (AvgIpc) is 2.14. The van der Waals surface area contributed by atoms with Gasteiger partial charge in [0.2, 0.25) is 0 Å². The molecule has 1 rings (SSSR count). The molecule has 0 aromatic carbocycles. The summed E-state index contributed by atoms with van der Waals surface area (Å²) >= 11 is 0. The smallest absolute Gasteiger partial charge is 0.404 e. The highest BCUT2D eigenvalue weighted by Crippen LogP contribution is 1.99. The summed E-state index contributed by atoms with van der Waals surface area (Å²) in [7, 11) is 0. The fraction of sp³-hybridized carbons (Fsp3) is 0.333. The maximum Gasteiger partial charge on any atom is 0.404 e. The molecule has 0 bridgehead atoms. The molecule has 1 aromatic rings. The molecule has 0 unspecified atom stereocenters. The van der Waals surface area contributed by atoms with Gasteiger partial charge in [0.15, 0.2) is 0 Å². The van der Waals surface area contributed by atoms with Crippen LogP contribution >= 0.6 is 0 Å². The monoisotopic (exact) mass is 180 g/mol. The molecule has 0 saturated heterocycles. The van der Waals surface area contributed by atoms with E-state index in [1.165, 1.54) is 5.56 Å². The van der Waals surface area contributed by atoms with Crippen LogP contribution in [0.15, 0.2) is 24.5 Å². The van der Waals surface area contributed by atoms with Crippen molar-refractivity contribution in [3.63, 3.8) is 0 Å². The lowest BCUT2D eigenvalue weighted by Crippen LogP contribution is -2.22. The molecule has 4 nitrogen and oxygen atoms in total. The van der Waals surface area contributed by atoms with Crippen molar-refractivity contribution in [1.82, 2.24) is 10.3 Å². The molecule has 0 aliphatic carbocycles. The van der Waals surface area contributed by atoms with Crippen molar-refractivity contribution < 1.29 is 9.90 Å². The number of hydrogen-bond acceptors (Lipinski definition) is 2. The third kappa shape index (κ3) is 4.10. The number of pyridine rings is 1. The summed E-state index contributed by atoms with van der Waals surface area (Å²) in [6.07, 6.45) is 4.20. The number of hydrogen-bond donors (Lipinski definition) is 2. The Kier molecular flexibility index (Phi) is 3.75. The zero-order valence-corrected chi connectivity index (χ0v) is 7.23. The second-order valence-corrected chi connectivity index (χ2v) is 2.69. The van der Waals surface area contributed by atoms with Gasteiger partial charge in [-0.2, -0.15) is 0 Å². The number of carboxylic acid groups (broad SMARTS) is 1. The van der Waals surface area contributed by atoms with Crippen LogP contribution in [0.1, 0.15) is 12.0 Å². The summed E-state index contributed by atoms with van der Waals surface area (Å²) in [5, 5.41) is 10.6. The first-order valence-electron chi connectivity index (χ1n) is 4.15. The van der Waals surface area contributed by atoms with Gasteiger partial charge < -0.3 is 10.4 Å². The van der Waals surface area contributed by atoms with Gasteiger partial charge in [-0.1, -0.05) is 0 Å². The summed E-state index contributed by atoms with van der Waals surface area (Å²) in [6.45, 7) is 0.498. The first-order valence-corrected chi connectivity index (χ1v) is 4.15. The lowest BCUT2D eigenvalue weighted by molar-refractivity contribution is 0.194. The molecule has 4 heteroatoms. The van der Waals surface area contributed by atoms with Crippen LogP contribution < -0.4 is 5.32 Å². The second-order valence-electron chi connectivity index (χ2n) is 2.69. The van der Waals surface area contributed by atoms with E-state index in [1.54, 1.807) is 12.4 Å². The molecule has 1 aromatic heterocycles. The number of amides is 1. The number of carbonyl (C=O) groups is 1. The summed E-state index contributed by atoms with van der Waals surface area (Å²) in [5.41, 5.74) is 1.18. The van der Waals surface area contributed by atoms with Crippen molar-refractivity contribution in [2.24, 2.45) is 0 Å². The van der Waals surface area contributed by atoms with Gasteiger partial charge in [0.05, 0.1) is 0 Å². The molecule has 70 valence electrons. The minimum absolute atomic E-state index is 0.498. The van der Waals surface area contributed by atoms with Gasteiger partial charge >= 0.3 is 6.09 Å². The van der Waals surface area contributed by atoms with E-state index in [1.807, 2.05) is 12.1 Å². The lowest BCUT2D eigenvalue weighted by atomic mass is 10.1. The quantitative estimate of drug-likeness (QED) is 0.686. The van der Waals surface area contributed by atoms with Crippen molar-refractivity contribution in [3.8, 4) is 0 Å². The number of nitrogens with one attached hydrogen (secondary N) is 1. The Morgan fingerprint density at radius 2 is 2.15 bits per heavy atom. The maximum atomic E-state index is 10.1. The van der Waals surface area contributed by atoms with E-state index >= 15 is 0 Å².